The number of rotatable bonds is 4. The van der Waals surface area contributed by atoms with E-state index < -0.39 is 0 Å². The fraction of sp³-hybridized carbons (Fsp3) is 0.929. The van der Waals surface area contributed by atoms with E-state index in [2.05, 4.69) is 24.1 Å². The second-order valence-corrected chi connectivity index (χ2v) is 5.90. The van der Waals surface area contributed by atoms with Crippen molar-refractivity contribution >= 4 is 5.97 Å². The van der Waals surface area contributed by atoms with Gasteiger partial charge in [0.15, 0.2) is 0 Å². The van der Waals surface area contributed by atoms with Crippen molar-refractivity contribution in [3.63, 3.8) is 0 Å². The lowest BCUT2D eigenvalue weighted by molar-refractivity contribution is -0.151. The number of nitrogens with one attached hydrogen (secondary N) is 1. The molecule has 0 amide bonds. The minimum absolute atomic E-state index is 0.000248. The third-order valence-electron chi connectivity index (χ3n) is 3.90. The average Bonchev–Trinajstić information content (AvgIpc) is 2.86. The van der Waals surface area contributed by atoms with E-state index in [-0.39, 0.29) is 12.0 Å². The first-order valence-electron chi connectivity index (χ1n) is 7.31. The molecule has 0 spiro atoms. The Morgan fingerprint density at radius 3 is 2.72 bits per heavy atom. The molecule has 2 fully saturated rings. The maximum absolute atomic E-state index is 12.1. The number of hydrogen-bond donors (Lipinski definition) is 1. The first-order valence-corrected chi connectivity index (χ1v) is 7.31. The highest BCUT2D eigenvalue weighted by molar-refractivity contribution is 5.76. The number of likely N-dealkylation sites (tertiary alicyclic amines) is 1. The summed E-state index contributed by atoms with van der Waals surface area (Å²) < 4.78 is 5.41. The van der Waals surface area contributed by atoms with Crippen LogP contribution in [0.3, 0.4) is 0 Å². The largest absolute Gasteiger partial charge is 0.464 e. The van der Waals surface area contributed by atoms with E-state index in [1.165, 1.54) is 0 Å². The van der Waals surface area contributed by atoms with Gasteiger partial charge in [-0.1, -0.05) is 13.8 Å². The van der Waals surface area contributed by atoms with Gasteiger partial charge in [-0.2, -0.15) is 0 Å². The van der Waals surface area contributed by atoms with Gasteiger partial charge in [0.1, 0.15) is 6.04 Å². The molecule has 1 N–H and O–H groups in total. The summed E-state index contributed by atoms with van der Waals surface area (Å²) in [6.07, 6.45) is 4.42. The van der Waals surface area contributed by atoms with Crippen LogP contribution in [0.5, 0.6) is 0 Å². The summed E-state index contributed by atoms with van der Waals surface area (Å²) in [5.74, 6) is 0.419. The van der Waals surface area contributed by atoms with Crippen molar-refractivity contribution in [2.75, 3.05) is 26.2 Å². The Bertz CT molecular complexity index is 275. The van der Waals surface area contributed by atoms with Crippen molar-refractivity contribution in [1.82, 2.24) is 10.2 Å². The van der Waals surface area contributed by atoms with Crippen molar-refractivity contribution in [2.24, 2.45) is 5.92 Å². The standard InChI is InChI=1S/C14H26N2O2/c1-11(2)10-18-14(17)13-4-3-9-16(13)12-5-7-15-8-6-12/h11-13,15H,3-10H2,1-2H3. The lowest BCUT2D eigenvalue weighted by Gasteiger charge is -2.34. The molecular weight excluding hydrogens is 228 g/mol. The van der Waals surface area contributed by atoms with E-state index in [1.54, 1.807) is 0 Å². The number of nitrogens with zero attached hydrogens (tertiary/aromatic N) is 1. The number of ether oxygens (including phenoxy) is 1. The number of piperidine rings is 1. The van der Waals surface area contributed by atoms with Gasteiger partial charge in [-0.05, 0) is 51.2 Å². The normalized spacial score (nSPS) is 26.7. The number of carbonyl (C=O) groups excluding carboxylic acids is 1. The third-order valence-corrected chi connectivity index (χ3v) is 3.90. The summed E-state index contributed by atoms with van der Waals surface area (Å²) in [5.41, 5.74) is 0. The molecule has 18 heavy (non-hydrogen) atoms. The highest BCUT2D eigenvalue weighted by Gasteiger charge is 2.36. The van der Waals surface area contributed by atoms with Crippen LogP contribution in [0.25, 0.3) is 0 Å². The number of hydrogen-bond acceptors (Lipinski definition) is 4. The molecule has 1 unspecified atom stereocenters. The summed E-state index contributed by atoms with van der Waals surface area (Å²) in [6.45, 7) is 7.92. The molecule has 2 aliphatic heterocycles. The molecule has 1 atom stereocenters. The second kappa shape index (κ2) is 6.53. The highest BCUT2D eigenvalue weighted by atomic mass is 16.5. The zero-order valence-corrected chi connectivity index (χ0v) is 11.7. The van der Waals surface area contributed by atoms with E-state index in [4.69, 9.17) is 4.74 Å². The van der Waals surface area contributed by atoms with Gasteiger partial charge in [0.2, 0.25) is 0 Å². The van der Waals surface area contributed by atoms with Crippen LogP contribution in [0.1, 0.15) is 39.5 Å². The topological polar surface area (TPSA) is 41.6 Å². The van der Waals surface area contributed by atoms with Crippen molar-refractivity contribution in [2.45, 2.75) is 51.6 Å². The highest BCUT2D eigenvalue weighted by Crippen LogP contribution is 2.25. The predicted octanol–water partition coefficient (Wildman–Crippen LogP) is 1.40. The molecule has 2 saturated heterocycles. The maximum Gasteiger partial charge on any atom is 0.323 e. The van der Waals surface area contributed by atoms with Gasteiger partial charge < -0.3 is 10.1 Å². The minimum atomic E-state index is -0.000248. The first kappa shape index (κ1) is 13.8. The quantitative estimate of drug-likeness (QED) is 0.770. The van der Waals surface area contributed by atoms with Crippen LogP contribution in [0.2, 0.25) is 0 Å². The summed E-state index contributed by atoms with van der Waals surface area (Å²) in [4.78, 5) is 14.5. The summed E-state index contributed by atoms with van der Waals surface area (Å²) in [7, 11) is 0. The monoisotopic (exact) mass is 254 g/mol. The molecule has 0 aliphatic carbocycles. The molecule has 0 radical (unpaired) electrons. The lowest BCUT2D eigenvalue weighted by Crippen LogP contribution is -2.48. The van der Waals surface area contributed by atoms with Crippen molar-refractivity contribution in [1.29, 1.82) is 0 Å². The van der Waals surface area contributed by atoms with Gasteiger partial charge in [-0.15, -0.1) is 0 Å². The molecule has 2 rings (SSSR count). The summed E-state index contributed by atoms with van der Waals surface area (Å²) >= 11 is 0. The van der Waals surface area contributed by atoms with Crippen LogP contribution in [-0.4, -0.2) is 49.2 Å². The Morgan fingerprint density at radius 2 is 2.06 bits per heavy atom. The van der Waals surface area contributed by atoms with E-state index in [1.807, 2.05) is 0 Å². The molecule has 0 bridgehead atoms. The van der Waals surface area contributed by atoms with Gasteiger partial charge in [0, 0.05) is 6.04 Å². The van der Waals surface area contributed by atoms with E-state index in [0.717, 1.165) is 45.3 Å². The van der Waals surface area contributed by atoms with Crippen LogP contribution in [0.15, 0.2) is 0 Å². The lowest BCUT2D eigenvalue weighted by atomic mass is 10.0. The zero-order valence-electron chi connectivity index (χ0n) is 11.7. The predicted molar refractivity (Wildman–Crippen MR) is 71.4 cm³/mol. The van der Waals surface area contributed by atoms with Crippen molar-refractivity contribution in [3.05, 3.63) is 0 Å². The molecule has 0 saturated carbocycles. The van der Waals surface area contributed by atoms with Gasteiger partial charge in [-0.25, -0.2) is 0 Å². The molecule has 0 aromatic carbocycles. The molecule has 4 heteroatoms. The van der Waals surface area contributed by atoms with E-state index in [0.29, 0.717) is 18.6 Å². The summed E-state index contributed by atoms with van der Waals surface area (Å²) in [5, 5.41) is 3.38. The zero-order chi connectivity index (χ0) is 13.0. The van der Waals surface area contributed by atoms with Gasteiger partial charge >= 0.3 is 5.97 Å². The fourth-order valence-electron chi connectivity index (χ4n) is 2.96. The van der Waals surface area contributed by atoms with Crippen LogP contribution in [-0.2, 0) is 9.53 Å². The molecule has 104 valence electrons. The second-order valence-electron chi connectivity index (χ2n) is 5.90. The molecule has 0 aromatic heterocycles. The Balaban J connectivity index is 1.87. The fourth-order valence-corrected chi connectivity index (χ4v) is 2.96. The Hall–Kier alpha value is -0.610. The van der Waals surface area contributed by atoms with Crippen LogP contribution in [0, 0.1) is 5.92 Å². The molecule has 4 nitrogen and oxygen atoms in total. The van der Waals surface area contributed by atoms with Gasteiger partial charge in [-0.3, -0.25) is 9.69 Å². The van der Waals surface area contributed by atoms with E-state index >= 15 is 0 Å². The smallest absolute Gasteiger partial charge is 0.323 e. The van der Waals surface area contributed by atoms with Crippen LogP contribution in [0.4, 0.5) is 0 Å². The molecule has 2 heterocycles. The SMILES string of the molecule is CC(C)COC(=O)C1CCCN1C1CCNCC1. The van der Waals surface area contributed by atoms with Gasteiger partial charge in [0.25, 0.3) is 0 Å². The summed E-state index contributed by atoms with van der Waals surface area (Å²) in [6, 6.07) is 0.595. The third kappa shape index (κ3) is 3.45. The van der Waals surface area contributed by atoms with Crippen LogP contribution >= 0.6 is 0 Å². The minimum Gasteiger partial charge on any atom is -0.464 e. The number of carbonyl (C=O) groups is 1. The molecular formula is C14H26N2O2. The van der Waals surface area contributed by atoms with Crippen LogP contribution < -0.4 is 5.32 Å². The first-order chi connectivity index (χ1) is 8.68. The van der Waals surface area contributed by atoms with Crippen molar-refractivity contribution < 1.29 is 9.53 Å². The van der Waals surface area contributed by atoms with E-state index in [9.17, 15) is 4.79 Å². The average molecular weight is 254 g/mol. The van der Waals surface area contributed by atoms with Crippen molar-refractivity contribution in [3.8, 4) is 0 Å². The Kier molecular flexibility index (Phi) is 5.01. The Labute approximate surface area is 110 Å². The Morgan fingerprint density at radius 1 is 1.33 bits per heavy atom. The van der Waals surface area contributed by atoms with Gasteiger partial charge in [0.05, 0.1) is 6.61 Å². The number of esters is 1. The molecule has 2 aliphatic rings. The maximum atomic E-state index is 12.1. The molecule has 0 aromatic rings.